The predicted octanol–water partition coefficient (Wildman–Crippen LogP) is 2.60. The van der Waals surface area contributed by atoms with Crippen molar-refractivity contribution in [3.63, 3.8) is 0 Å². The van der Waals surface area contributed by atoms with Gasteiger partial charge in [-0.15, -0.1) is 5.11 Å². The Labute approximate surface area is 72.8 Å². The molecule has 10 heavy (non-hydrogen) atoms. The maximum Gasteiger partial charge on any atom is 0.236 e. The van der Waals surface area contributed by atoms with E-state index in [2.05, 4.69) is 27.7 Å². The molecule has 0 unspecified atom stereocenters. The van der Waals surface area contributed by atoms with E-state index in [1.54, 1.807) is 0 Å². The van der Waals surface area contributed by atoms with Gasteiger partial charge in [-0.2, -0.15) is 0 Å². The molecule has 0 amide bonds. The summed E-state index contributed by atoms with van der Waals surface area (Å²) in [6, 6.07) is 0. The van der Waals surface area contributed by atoms with Crippen molar-refractivity contribution in [3.05, 3.63) is 21.1 Å². The minimum absolute atomic E-state index is 0.437. The molecule has 0 spiro atoms. The van der Waals surface area contributed by atoms with Gasteiger partial charge in [-0.25, -0.2) is 5.53 Å². The molecule has 3 nitrogen and oxygen atoms in total. The van der Waals surface area contributed by atoms with Crippen LogP contribution in [0.15, 0.2) is 26.2 Å². The van der Waals surface area contributed by atoms with Crippen LogP contribution in [0.1, 0.15) is 6.92 Å². The first-order valence-electron chi connectivity index (χ1n) is 2.83. The molecule has 0 saturated carbocycles. The summed E-state index contributed by atoms with van der Waals surface area (Å²) >= 11 is 2.20. The van der Waals surface area contributed by atoms with E-state index in [4.69, 9.17) is 10.3 Å². The molecule has 0 aromatic rings. The Kier molecular flexibility index (Phi) is 2.42. The molecule has 1 rings (SSSR count). The van der Waals surface area contributed by atoms with Gasteiger partial charge in [0, 0.05) is 9.15 Å². The zero-order valence-electron chi connectivity index (χ0n) is 5.52. The highest BCUT2D eigenvalue weighted by Gasteiger charge is 2.09. The van der Waals surface area contributed by atoms with E-state index >= 15 is 0 Å². The minimum atomic E-state index is 0.437. The molecule has 1 aliphatic rings. The summed E-state index contributed by atoms with van der Waals surface area (Å²) < 4.78 is 6.17. The highest BCUT2D eigenvalue weighted by molar-refractivity contribution is 14.1. The normalized spacial score (nSPS) is 18.0. The fourth-order valence-electron chi connectivity index (χ4n) is 0.673. The lowest BCUT2D eigenvalue weighted by molar-refractivity contribution is 0.232. The van der Waals surface area contributed by atoms with Gasteiger partial charge in [0.15, 0.2) is 0 Å². The molecule has 1 N–H and O–H groups in total. The van der Waals surface area contributed by atoms with E-state index in [9.17, 15) is 0 Å². The molecule has 0 bridgehead atoms. The van der Waals surface area contributed by atoms with Crippen LogP contribution in [0.4, 0.5) is 0 Å². The molecule has 0 aromatic heterocycles. The van der Waals surface area contributed by atoms with Gasteiger partial charge in [0.2, 0.25) is 5.88 Å². The van der Waals surface area contributed by atoms with Gasteiger partial charge in [-0.3, -0.25) is 0 Å². The van der Waals surface area contributed by atoms with Gasteiger partial charge < -0.3 is 4.74 Å². The molecule has 1 heterocycles. The van der Waals surface area contributed by atoms with Crippen LogP contribution < -0.4 is 0 Å². The van der Waals surface area contributed by atoms with Gasteiger partial charge in [0.25, 0.3) is 0 Å². The maximum absolute atomic E-state index is 6.73. The summed E-state index contributed by atoms with van der Waals surface area (Å²) in [5.74, 6) is 0.437. The number of allylic oxidation sites excluding steroid dienone is 2. The quantitative estimate of drug-likeness (QED) is 0.564. The largest absolute Gasteiger partial charge is 0.472 e. The van der Waals surface area contributed by atoms with Crippen LogP contribution in [0.2, 0.25) is 0 Å². The number of hydrogen-bond acceptors (Lipinski definition) is 3. The molecule has 0 aliphatic carbocycles. The van der Waals surface area contributed by atoms with Crippen molar-refractivity contribution in [2.24, 2.45) is 5.11 Å². The van der Waals surface area contributed by atoms with Crippen LogP contribution in [0.5, 0.6) is 0 Å². The van der Waals surface area contributed by atoms with E-state index in [1.165, 1.54) is 0 Å². The third-order valence-electron chi connectivity index (χ3n) is 1.26. The van der Waals surface area contributed by atoms with Crippen LogP contribution in [-0.4, -0.2) is 6.61 Å². The highest BCUT2D eigenvalue weighted by Crippen LogP contribution is 2.25. The molecule has 0 atom stereocenters. The van der Waals surface area contributed by atoms with Gasteiger partial charge in [0.1, 0.15) is 6.61 Å². The summed E-state index contributed by atoms with van der Waals surface area (Å²) in [7, 11) is 0. The Morgan fingerprint density at radius 3 is 3.00 bits per heavy atom. The van der Waals surface area contributed by atoms with E-state index in [0.29, 0.717) is 12.5 Å². The fraction of sp³-hybridized carbons (Fsp3) is 0.333. The average molecular weight is 250 g/mol. The highest BCUT2D eigenvalue weighted by atomic mass is 127. The number of nitrogens with one attached hydrogen (secondary N) is 1. The summed E-state index contributed by atoms with van der Waals surface area (Å²) in [6.07, 6.45) is 1.96. The molecule has 4 heteroatoms. The lowest BCUT2D eigenvalue weighted by Crippen LogP contribution is -1.99. The Bertz CT molecular complexity index is 220. The molecule has 0 aromatic carbocycles. The van der Waals surface area contributed by atoms with Gasteiger partial charge >= 0.3 is 0 Å². The van der Waals surface area contributed by atoms with Crippen LogP contribution in [0, 0.1) is 5.53 Å². The van der Waals surface area contributed by atoms with Crippen molar-refractivity contribution in [1.29, 1.82) is 5.53 Å². The first-order valence-corrected chi connectivity index (χ1v) is 3.90. The summed E-state index contributed by atoms with van der Waals surface area (Å²) in [4.78, 5) is 0. The fourth-order valence-corrected chi connectivity index (χ4v) is 1.08. The van der Waals surface area contributed by atoms with Crippen molar-refractivity contribution in [2.45, 2.75) is 6.92 Å². The third-order valence-corrected chi connectivity index (χ3v) is 2.51. The van der Waals surface area contributed by atoms with Gasteiger partial charge in [-0.1, -0.05) is 0 Å². The van der Waals surface area contributed by atoms with E-state index in [0.717, 1.165) is 9.15 Å². The number of rotatable bonds is 1. The lowest BCUT2D eigenvalue weighted by atomic mass is 10.2. The Morgan fingerprint density at radius 2 is 2.50 bits per heavy atom. The molecule has 0 saturated heterocycles. The monoisotopic (exact) mass is 250 g/mol. The summed E-state index contributed by atoms with van der Waals surface area (Å²) in [5, 5.41) is 3.24. The second kappa shape index (κ2) is 3.14. The Morgan fingerprint density at radius 1 is 1.80 bits per heavy atom. The first kappa shape index (κ1) is 7.71. The molecule has 1 aliphatic heterocycles. The van der Waals surface area contributed by atoms with Crippen LogP contribution in [-0.2, 0) is 4.74 Å². The van der Waals surface area contributed by atoms with E-state index in [-0.39, 0.29) is 0 Å². The van der Waals surface area contributed by atoms with E-state index in [1.807, 2.05) is 13.0 Å². The third kappa shape index (κ3) is 1.36. The SMILES string of the molecule is CC1=C(N=N)OCC=C1I. The van der Waals surface area contributed by atoms with Gasteiger partial charge in [-0.05, 0) is 35.6 Å². The van der Waals surface area contributed by atoms with Crippen molar-refractivity contribution in [1.82, 2.24) is 0 Å². The number of nitrogens with zero attached hydrogens (tertiary/aromatic N) is 1. The van der Waals surface area contributed by atoms with Crippen LogP contribution in [0.3, 0.4) is 0 Å². The van der Waals surface area contributed by atoms with Crippen molar-refractivity contribution in [2.75, 3.05) is 6.61 Å². The first-order chi connectivity index (χ1) is 4.75. The molecule has 0 radical (unpaired) electrons. The van der Waals surface area contributed by atoms with Crippen molar-refractivity contribution in [3.8, 4) is 0 Å². The lowest BCUT2D eigenvalue weighted by Gasteiger charge is -2.11. The van der Waals surface area contributed by atoms with Crippen molar-refractivity contribution < 1.29 is 4.74 Å². The second-order valence-electron chi connectivity index (χ2n) is 1.91. The van der Waals surface area contributed by atoms with Crippen LogP contribution >= 0.6 is 22.6 Å². The zero-order valence-corrected chi connectivity index (χ0v) is 7.68. The Hall–Kier alpha value is -0.390. The number of halogens is 1. The average Bonchev–Trinajstić information content (AvgIpc) is 1.95. The standard InChI is InChI=1S/C6H7IN2O/c1-4-5(7)2-3-10-6(4)9-8/h2,8H,3H2,1H3. The minimum Gasteiger partial charge on any atom is -0.472 e. The topological polar surface area (TPSA) is 45.4 Å². The van der Waals surface area contributed by atoms with Gasteiger partial charge in [0.05, 0.1) is 0 Å². The smallest absolute Gasteiger partial charge is 0.236 e. The molecule has 0 fully saturated rings. The second-order valence-corrected chi connectivity index (χ2v) is 3.07. The van der Waals surface area contributed by atoms with Crippen molar-refractivity contribution >= 4 is 22.6 Å². The molecule has 54 valence electrons. The number of hydrogen-bond donors (Lipinski definition) is 1. The summed E-state index contributed by atoms with van der Waals surface area (Å²) in [5.41, 5.74) is 7.68. The summed E-state index contributed by atoms with van der Waals surface area (Å²) in [6.45, 7) is 2.43. The van der Waals surface area contributed by atoms with E-state index < -0.39 is 0 Å². The Balaban J connectivity index is 2.95. The van der Waals surface area contributed by atoms with Crippen LogP contribution in [0.25, 0.3) is 0 Å². The maximum atomic E-state index is 6.73. The number of ether oxygens (including phenoxy) is 1. The predicted molar refractivity (Wildman–Crippen MR) is 45.9 cm³/mol. The zero-order chi connectivity index (χ0) is 7.56. The molecular formula is C6H7IN2O. The molecular weight excluding hydrogens is 243 g/mol.